The predicted molar refractivity (Wildman–Crippen MR) is 79.5 cm³/mol. The highest BCUT2D eigenvalue weighted by Gasteiger charge is 2.30. The Labute approximate surface area is 120 Å². The zero-order valence-corrected chi connectivity index (χ0v) is 12.0. The van der Waals surface area contributed by atoms with Gasteiger partial charge in [0.15, 0.2) is 0 Å². The number of nitrogens with one attached hydrogen (secondary N) is 1. The number of carbonyl (C=O) groups is 1. The van der Waals surface area contributed by atoms with E-state index in [4.69, 9.17) is 11.6 Å². The van der Waals surface area contributed by atoms with Gasteiger partial charge >= 0.3 is 0 Å². The van der Waals surface area contributed by atoms with Crippen molar-refractivity contribution in [2.75, 3.05) is 12.4 Å². The minimum absolute atomic E-state index is 0.00952. The van der Waals surface area contributed by atoms with Crippen LogP contribution in [0.5, 0.6) is 0 Å². The number of benzene rings is 1. The summed E-state index contributed by atoms with van der Waals surface area (Å²) >= 11 is 5.67. The van der Waals surface area contributed by atoms with Crippen molar-refractivity contribution >= 4 is 17.5 Å². The molecule has 1 aromatic rings. The van der Waals surface area contributed by atoms with Crippen molar-refractivity contribution in [3.63, 3.8) is 0 Å². The molecule has 1 aromatic carbocycles. The normalized spacial score (nSPS) is 17.9. The van der Waals surface area contributed by atoms with E-state index in [0.717, 1.165) is 18.4 Å². The molecule has 1 fully saturated rings. The fourth-order valence-electron chi connectivity index (χ4n) is 3.05. The van der Waals surface area contributed by atoms with E-state index in [1.165, 1.54) is 19.3 Å². The molecule has 1 N–H and O–H groups in total. The molecular weight excluding hydrogens is 258 g/mol. The van der Waals surface area contributed by atoms with E-state index in [2.05, 4.69) is 17.4 Å². The molecule has 19 heavy (non-hydrogen) atoms. The van der Waals surface area contributed by atoms with Crippen molar-refractivity contribution in [3.8, 4) is 0 Å². The van der Waals surface area contributed by atoms with Gasteiger partial charge in [-0.25, -0.2) is 0 Å². The Bertz CT molecular complexity index is 387. The molecule has 0 spiro atoms. The zero-order valence-electron chi connectivity index (χ0n) is 11.3. The van der Waals surface area contributed by atoms with Gasteiger partial charge in [-0.3, -0.25) is 4.79 Å². The Balaban J connectivity index is 2.14. The van der Waals surface area contributed by atoms with Crippen molar-refractivity contribution in [1.29, 1.82) is 0 Å². The maximum absolute atomic E-state index is 12.4. The van der Waals surface area contributed by atoms with Crippen molar-refractivity contribution in [2.45, 2.75) is 38.0 Å². The first-order chi connectivity index (χ1) is 9.33. The smallest absolute Gasteiger partial charge is 0.227 e. The Kier molecular flexibility index (Phi) is 5.71. The van der Waals surface area contributed by atoms with E-state index in [1.54, 1.807) is 0 Å². The second kappa shape index (κ2) is 7.54. The first kappa shape index (κ1) is 14.4. The average molecular weight is 280 g/mol. The summed E-state index contributed by atoms with van der Waals surface area (Å²) in [4.78, 5) is 12.4. The van der Waals surface area contributed by atoms with Crippen LogP contribution in [-0.4, -0.2) is 18.3 Å². The molecular formula is C16H22ClNO. The summed E-state index contributed by atoms with van der Waals surface area (Å²) in [5.41, 5.74) is 1.14. The predicted octanol–water partition coefficient (Wildman–Crippen LogP) is 3.71. The van der Waals surface area contributed by atoms with E-state index in [9.17, 15) is 4.79 Å². The lowest BCUT2D eigenvalue weighted by Gasteiger charge is -2.29. The Hall–Kier alpha value is -1.02. The van der Waals surface area contributed by atoms with Crippen molar-refractivity contribution < 1.29 is 4.79 Å². The summed E-state index contributed by atoms with van der Waals surface area (Å²) in [5.74, 6) is 1.08. The van der Waals surface area contributed by atoms with Crippen molar-refractivity contribution in [1.82, 2.24) is 5.32 Å². The third kappa shape index (κ3) is 3.97. The van der Waals surface area contributed by atoms with Crippen LogP contribution >= 0.6 is 11.6 Å². The molecule has 0 unspecified atom stereocenters. The average Bonchev–Trinajstić information content (AvgIpc) is 2.47. The standard InChI is InChI=1S/C16H22ClNO/c17-11-12-18-16(19)15(13-7-3-1-4-8-13)14-9-5-2-6-10-14/h1,3-4,7-8,14-15H,2,5-6,9-12H2,(H,18,19)/t15-/m1/s1. The molecule has 1 amide bonds. The molecule has 0 saturated heterocycles. The van der Waals surface area contributed by atoms with Crippen LogP contribution in [-0.2, 0) is 4.79 Å². The van der Waals surface area contributed by atoms with Crippen molar-refractivity contribution in [3.05, 3.63) is 35.9 Å². The second-order valence-corrected chi connectivity index (χ2v) is 5.64. The van der Waals surface area contributed by atoms with Crippen LogP contribution < -0.4 is 5.32 Å². The van der Waals surface area contributed by atoms with Gasteiger partial charge in [0, 0.05) is 12.4 Å². The third-order valence-corrected chi connectivity index (χ3v) is 4.15. The first-order valence-electron chi connectivity index (χ1n) is 7.21. The van der Waals surface area contributed by atoms with Crippen LogP contribution in [0, 0.1) is 5.92 Å². The van der Waals surface area contributed by atoms with Gasteiger partial charge in [0.2, 0.25) is 5.91 Å². The number of rotatable bonds is 5. The van der Waals surface area contributed by atoms with Gasteiger partial charge < -0.3 is 5.32 Å². The van der Waals surface area contributed by atoms with Crippen LogP contribution in [0.4, 0.5) is 0 Å². The molecule has 104 valence electrons. The third-order valence-electron chi connectivity index (χ3n) is 3.96. The molecule has 1 aliphatic rings. The van der Waals surface area contributed by atoms with Gasteiger partial charge in [0.1, 0.15) is 0 Å². The maximum atomic E-state index is 12.4. The minimum Gasteiger partial charge on any atom is -0.354 e. The van der Waals surface area contributed by atoms with Crippen molar-refractivity contribution in [2.24, 2.45) is 5.92 Å². The van der Waals surface area contributed by atoms with E-state index in [1.807, 2.05) is 18.2 Å². The lowest BCUT2D eigenvalue weighted by molar-refractivity contribution is -0.124. The number of alkyl halides is 1. The van der Waals surface area contributed by atoms with Crippen LogP contribution in [0.2, 0.25) is 0 Å². The summed E-state index contributed by atoms with van der Waals surface area (Å²) in [6.07, 6.45) is 6.12. The molecule has 0 aromatic heterocycles. The fraction of sp³-hybridized carbons (Fsp3) is 0.562. The second-order valence-electron chi connectivity index (χ2n) is 5.27. The van der Waals surface area contributed by atoms with E-state index >= 15 is 0 Å². The minimum atomic E-state index is -0.00952. The Morgan fingerprint density at radius 1 is 1.21 bits per heavy atom. The van der Waals surface area contributed by atoms with Gasteiger partial charge in [-0.2, -0.15) is 0 Å². The molecule has 2 rings (SSSR count). The topological polar surface area (TPSA) is 29.1 Å². The van der Waals surface area contributed by atoms with Crippen LogP contribution in [0.1, 0.15) is 43.6 Å². The van der Waals surface area contributed by atoms with Gasteiger partial charge in [-0.05, 0) is 24.3 Å². The lowest BCUT2D eigenvalue weighted by Crippen LogP contribution is -2.35. The summed E-state index contributed by atoms with van der Waals surface area (Å²) in [6.45, 7) is 0.552. The molecule has 0 bridgehead atoms. The number of carbonyl (C=O) groups excluding carboxylic acids is 1. The molecule has 0 aliphatic heterocycles. The van der Waals surface area contributed by atoms with Crippen LogP contribution in [0.3, 0.4) is 0 Å². The molecule has 2 nitrogen and oxygen atoms in total. The molecule has 1 saturated carbocycles. The number of halogens is 1. The monoisotopic (exact) mass is 279 g/mol. The fourth-order valence-corrected chi connectivity index (χ4v) is 3.14. The lowest BCUT2D eigenvalue weighted by atomic mass is 9.76. The SMILES string of the molecule is O=C(NCCCl)[C@H](c1ccccc1)C1CCCCC1. The van der Waals surface area contributed by atoms with E-state index < -0.39 is 0 Å². The summed E-state index contributed by atoms with van der Waals surface area (Å²) in [5, 5.41) is 2.96. The zero-order chi connectivity index (χ0) is 13.5. The highest BCUT2D eigenvalue weighted by Crippen LogP contribution is 2.36. The van der Waals surface area contributed by atoms with E-state index in [0.29, 0.717) is 18.3 Å². The number of amides is 1. The molecule has 0 heterocycles. The number of hydrogen-bond acceptors (Lipinski definition) is 1. The Morgan fingerprint density at radius 2 is 1.89 bits per heavy atom. The summed E-state index contributed by atoms with van der Waals surface area (Å²) in [7, 11) is 0. The molecule has 0 radical (unpaired) electrons. The Morgan fingerprint density at radius 3 is 2.53 bits per heavy atom. The van der Waals surface area contributed by atoms with Gasteiger partial charge in [0.25, 0.3) is 0 Å². The van der Waals surface area contributed by atoms with Gasteiger partial charge in [-0.15, -0.1) is 11.6 Å². The first-order valence-corrected chi connectivity index (χ1v) is 7.75. The van der Waals surface area contributed by atoms with Gasteiger partial charge in [0.05, 0.1) is 5.92 Å². The highest BCUT2D eigenvalue weighted by molar-refractivity contribution is 6.18. The van der Waals surface area contributed by atoms with Gasteiger partial charge in [-0.1, -0.05) is 49.6 Å². The molecule has 3 heteroatoms. The molecule has 1 atom stereocenters. The highest BCUT2D eigenvalue weighted by atomic mass is 35.5. The quantitative estimate of drug-likeness (QED) is 0.818. The summed E-state index contributed by atoms with van der Waals surface area (Å²) < 4.78 is 0. The van der Waals surface area contributed by atoms with Crippen LogP contribution in [0.15, 0.2) is 30.3 Å². The largest absolute Gasteiger partial charge is 0.354 e. The molecule has 1 aliphatic carbocycles. The van der Waals surface area contributed by atoms with E-state index in [-0.39, 0.29) is 11.8 Å². The van der Waals surface area contributed by atoms with Crippen LogP contribution in [0.25, 0.3) is 0 Å². The maximum Gasteiger partial charge on any atom is 0.227 e. The summed E-state index contributed by atoms with van der Waals surface area (Å²) in [6, 6.07) is 10.2. The number of hydrogen-bond donors (Lipinski definition) is 1.